The number of nitrogens with one attached hydrogen (secondary N) is 1. The number of rotatable bonds is 3. The molecule has 2 atom stereocenters. The van der Waals surface area contributed by atoms with Crippen LogP contribution in [0.5, 0.6) is 0 Å². The number of carbonyl (C=O) groups is 3. The molecule has 1 aromatic rings. The summed E-state index contributed by atoms with van der Waals surface area (Å²) >= 11 is 0. The van der Waals surface area contributed by atoms with Crippen molar-refractivity contribution in [1.82, 2.24) is 10.3 Å². The second-order valence-electron chi connectivity index (χ2n) is 4.81. The molecule has 9 heteroatoms. The predicted octanol–water partition coefficient (Wildman–Crippen LogP) is -0.586. The highest BCUT2D eigenvalue weighted by Gasteiger charge is 2.34. The fourth-order valence-corrected chi connectivity index (χ4v) is 2.37. The maximum atomic E-state index is 11.8. The van der Waals surface area contributed by atoms with Crippen LogP contribution >= 0.6 is 0 Å². The van der Waals surface area contributed by atoms with Crippen LogP contribution in [0, 0.1) is 5.92 Å². The summed E-state index contributed by atoms with van der Waals surface area (Å²) in [5.41, 5.74) is 0.413. The first-order valence-corrected chi connectivity index (χ1v) is 6.87. The van der Waals surface area contributed by atoms with Crippen molar-refractivity contribution < 1.29 is 29.7 Å². The number of aliphatic hydroxyl groups is 1. The van der Waals surface area contributed by atoms with E-state index in [-0.39, 0.29) is 18.9 Å². The number of aromatic nitrogens is 1. The van der Waals surface area contributed by atoms with E-state index in [0.29, 0.717) is 24.3 Å². The van der Waals surface area contributed by atoms with Gasteiger partial charge in [0.05, 0.1) is 17.6 Å². The summed E-state index contributed by atoms with van der Waals surface area (Å²) in [7, 11) is 1.53. The molecule has 1 aliphatic heterocycles. The third-order valence-electron chi connectivity index (χ3n) is 3.46. The van der Waals surface area contributed by atoms with E-state index < -0.39 is 18.0 Å². The van der Waals surface area contributed by atoms with Crippen molar-refractivity contribution in [3.63, 3.8) is 0 Å². The number of aliphatic carboxylic acids is 1. The fraction of sp³-hybridized carbons (Fsp3) is 0.429. The first-order chi connectivity index (χ1) is 11.0. The lowest BCUT2D eigenvalue weighted by Gasteiger charge is -2.35. The van der Waals surface area contributed by atoms with Gasteiger partial charge in [0.1, 0.15) is 5.82 Å². The molecular formula is C14H19N3O6. The zero-order chi connectivity index (χ0) is 17.4. The zero-order valence-electron chi connectivity index (χ0n) is 12.5. The Morgan fingerprint density at radius 3 is 2.65 bits per heavy atom. The Kier molecular flexibility index (Phi) is 6.94. The van der Waals surface area contributed by atoms with E-state index in [1.54, 1.807) is 23.2 Å². The van der Waals surface area contributed by atoms with Crippen LogP contribution in [-0.4, -0.2) is 64.9 Å². The van der Waals surface area contributed by atoms with Gasteiger partial charge in [0.2, 0.25) is 0 Å². The molecule has 0 spiro atoms. The molecule has 1 amide bonds. The molecule has 0 aliphatic carbocycles. The van der Waals surface area contributed by atoms with Gasteiger partial charge in [0.15, 0.2) is 0 Å². The summed E-state index contributed by atoms with van der Waals surface area (Å²) in [6.07, 6.45) is 0.915. The highest BCUT2D eigenvalue weighted by molar-refractivity contribution is 5.98. The molecule has 0 unspecified atom stereocenters. The van der Waals surface area contributed by atoms with Gasteiger partial charge in [0, 0.05) is 26.3 Å². The Bertz CT molecular complexity index is 565. The van der Waals surface area contributed by atoms with E-state index >= 15 is 0 Å². The molecule has 1 aliphatic rings. The van der Waals surface area contributed by atoms with Crippen LogP contribution in [0.3, 0.4) is 0 Å². The van der Waals surface area contributed by atoms with Gasteiger partial charge >= 0.3 is 5.97 Å². The van der Waals surface area contributed by atoms with Crippen LogP contribution in [0.4, 0.5) is 5.82 Å². The maximum Gasteiger partial charge on any atom is 0.309 e. The van der Waals surface area contributed by atoms with Gasteiger partial charge in [-0.15, -0.1) is 0 Å². The van der Waals surface area contributed by atoms with Crippen molar-refractivity contribution in [2.75, 3.05) is 25.0 Å². The molecule has 2 rings (SSSR count). The lowest BCUT2D eigenvalue weighted by molar-refractivity contribution is -0.146. The summed E-state index contributed by atoms with van der Waals surface area (Å²) in [6, 6.07) is 3.31. The lowest BCUT2D eigenvalue weighted by Crippen LogP contribution is -2.47. The lowest BCUT2D eigenvalue weighted by atomic mass is 9.94. The Hall–Kier alpha value is -2.68. The third kappa shape index (κ3) is 4.65. The molecule has 0 aromatic carbocycles. The van der Waals surface area contributed by atoms with Gasteiger partial charge in [-0.05, 0) is 18.6 Å². The van der Waals surface area contributed by atoms with Gasteiger partial charge in [-0.3, -0.25) is 14.4 Å². The van der Waals surface area contributed by atoms with Gasteiger partial charge in [-0.1, -0.05) is 0 Å². The van der Waals surface area contributed by atoms with Crippen molar-refractivity contribution >= 4 is 24.2 Å². The minimum absolute atomic E-state index is 0.151. The number of β-amino-alcohol motifs (C(OH)–C–C–N with tert-alkyl or cyclic N) is 1. The van der Waals surface area contributed by atoms with E-state index in [1.165, 1.54) is 7.05 Å². The van der Waals surface area contributed by atoms with Crippen LogP contribution in [0.2, 0.25) is 0 Å². The number of hydrogen-bond donors (Lipinski definition) is 4. The first kappa shape index (κ1) is 18.4. The van der Waals surface area contributed by atoms with Crippen LogP contribution in [0.25, 0.3) is 0 Å². The van der Waals surface area contributed by atoms with Crippen molar-refractivity contribution in [3.8, 4) is 0 Å². The van der Waals surface area contributed by atoms with E-state index in [1.807, 2.05) is 0 Å². The molecule has 1 fully saturated rings. The second kappa shape index (κ2) is 8.69. The molecule has 9 nitrogen and oxygen atoms in total. The third-order valence-corrected chi connectivity index (χ3v) is 3.46. The van der Waals surface area contributed by atoms with Crippen molar-refractivity contribution in [2.45, 2.75) is 12.5 Å². The first-order valence-electron chi connectivity index (χ1n) is 6.87. The summed E-state index contributed by atoms with van der Waals surface area (Å²) < 4.78 is 0. The monoisotopic (exact) mass is 325 g/mol. The summed E-state index contributed by atoms with van der Waals surface area (Å²) in [5, 5.41) is 28.3. The molecule has 0 bridgehead atoms. The number of aliphatic hydroxyl groups excluding tert-OH is 1. The average molecular weight is 325 g/mol. The minimum Gasteiger partial charge on any atom is -0.483 e. The number of carboxylic acids is 1. The highest BCUT2D eigenvalue weighted by atomic mass is 16.4. The SMILES string of the molecule is CNC(=O)c1cccnc1N1CC[C@H](C(=O)O)[C@H](O)C1.O=CO. The number of piperidine rings is 1. The smallest absolute Gasteiger partial charge is 0.309 e. The number of anilines is 1. The summed E-state index contributed by atoms with van der Waals surface area (Å²) in [4.78, 5) is 37.1. The van der Waals surface area contributed by atoms with Gasteiger partial charge in [-0.2, -0.15) is 0 Å². The fourth-order valence-electron chi connectivity index (χ4n) is 2.37. The number of amides is 1. The van der Waals surface area contributed by atoms with Gasteiger partial charge in [-0.25, -0.2) is 4.98 Å². The van der Waals surface area contributed by atoms with Crippen LogP contribution in [-0.2, 0) is 9.59 Å². The predicted molar refractivity (Wildman–Crippen MR) is 80.3 cm³/mol. The number of nitrogens with zero attached hydrogens (tertiary/aromatic N) is 2. The number of pyridine rings is 1. The van der Waals surface area contributed by atoms with Gasteiger partial charge < -0.3 is 25.5 Å². The van der Waals surface area contributed by atoms with Crippen LogP contribution < -0.4 is 10.2 Å². The van der Waals surface area contributed by atoms with Crippen molar-refractivity contribution in [3.05, 3.63) is 23.9 Å². The average Bonchev–Trinajstić information content (AvgIpc) is 2.54. The van der Waals surface area contributed by atoms with Crippen molar-refractivity contribution in [1.29, 1.82) is 0 Å². The molecule has 4 N–H and O–H groups in total. The normalized spacial score (nSPS) is 20.0. The maximum absolute atomic E-state index is 11.8. The molecule has 126 valence electrons. The Labute approximate surface area is 132 Å². The van der Waals surface area contributed by atoms with Crippen molar-refractivity contribution in [2.24, 2.45) is 5.92 Å². The minimum atomic E-state index is -0.996. The number of carbonyl (C=O) groups excluding carboxylic acids is 1. The number of carboxylic acid groups (broad SMARTS) is 2. The van der Waals surface area contributed by atoms with E-state index in [4.69, 9.17) is 15.0 Å². The topological polar surface area (TPSA) is 140 Å². The molecular weight excluding hydrogens is 306 g/mol. The molecule has 0 radical (unpaired) electrons. The Morgan fingerprint density at radius 1 is 1.48 bits per heavy atom. The summed E-state index contributed by atoms with van der Waals surface area (Å²) in [5.74, 6) is -1.55. The largest absolute Gasteiger partial charge is 0.483 e. The highest BCUT2D eigenvalue weighted by Crippen LogP contribution is 2.25. The molecule has 0 saturated carbocycles. The van der Waals surface area contributed by atoms with E-state index in [9.17, 15) is 14.7 Å². The zero-order valence-corrected chi connectivity index (χ0v) is 12.5. The molecule has 2 heterocycles. The van der Waals surface area contributed by atoms with Gasteiger partial charge in [0.25, 0.3) is 12.4 Å². The van der Waals surface area contributed by atoms with Crippen LogP contribution in [0.1, 0.15) is 16.8 Å². The standard InChI is InChI=1S/C13H17N3O4.CH2O2/c1-14-12(18)9-3-2-5-15-11(9)16-6-4-8(13(19)20)10(17)7-16;2-1-3/h2-3,5,8,10,17H,4,6-7H2,1H3,(H,14,18)(H,19,20);1H,(H,2,3)/t8-,10+;/m0./s1. The summed E-state index contributed by atoms with van der Waals surface area (Å²) in [6.45, 7) is 0.340. The van der Waals surface area contributed by atoms with Crippen LogP contribution in [0.15, 0.2) is 18.3 Å². The quantitative estimate of drug-likeness (QED) is 0.541. The molecule has 1 aromatic heterocycles. The number of hydrogen-bond acceptors (Lipinski definition) is 6. The molecule has 1 saturated heterocycles. The second-order valence-corrected chi connectivity index (χ2v) is 4.81. The van der Waals surface area contributed by atoms with E-state index in [2.05, 4.69) is 10.3 Å². The molecule has 23 heavy (non-hydrogen) atoms. The Morgan fingerprint density at radius 2 is 2.13 bits per heavy atom. The Balaban J connectivity index is 0.000000816. The van der Waals surface area contributed by atoms with E-state index in [0.717, 1.165) is 0 Å².